The Bertz CT molecular complexity index is 1160. The van der Waals surface area contributed by atoms with Crippen molar-refractivity contribution in [3.8, 4) is 11.1 Å². The van der Waals surface area contributed by atoms with E-state index in [2.05, 4.69) is 39.9 Å². The lowest BCUT2D eigenvalue weighted by Crippen LogP contribution is -2.29. The number of hydrogen-bond donors (Lipinski definition) is 3. The molecule has 4 rings (SSSR count). The summed E-state index contributed by atoms with van der Waals surface area (Å²) < 4.78 is 5.57. The smallest absolute Gasteiger partial charge is 0.407 e. The van der Waals surface area contributed by atoms with Crippen LogP contribution in [-0.4, -0.2) is 41.2 Å². The topological polar surface area (TPSA) is 118 Å². The minimum absolute atomic E-state index is 0.0102. The zero-order chi connectivity index (χ0) is 24.1. The summed E-state index contributed by atoms with van der Waals surface area (Å²) in [4.78, 5) is 39.5. The molecule has 176 valence electrons. The summed E-state index contributed by atoms with van der Waals surface area (Å²) in [6.07, 6.45) is -0.217. The lowest BCUT2D eigenvalue weighted by Gasteiger charge is -2.16. The molecule has 1 aromatic heterocycles. The van der Waals surface area contributed by atoms with Gasteiger partial charge in [0.25, 0.3) is 5.91 Å². The van der Waals surface area contributed by atoms with Gasteiger partial charge in [0.1, 0.15) is 17.3 Å². The first kappa shape index (κ1) is 23.4. The second-order valence-corrected chi connectivity index (χ2v) is 8.91. The third-order valence-corrected chi connectivity index (χ3v) is 6.68. The molecule has 1 unspecified atom stereocenters. The van der Waals surface area contributed by atoms with Crippen LogP contribution in [0.5, 0.6) is 0 Å². The number of carbonyl (C=O) groups excluding carboxylic acids is 2. The number of carboxylic acid groups (broad SMARTS) is 1. The highest BCUT2D eigenvalue weighted by Gasteiger charge is 2.29. The molecule has 0 radical (unpaired) electrons. The van der Waals surface area contributed by atoms with Gasteiger partial charge in [-0.15, -0.1) is 11.3 Å². The molecule has 1 atom stereocenters. The van der Waals surface area contributed by atoms with Gasteiger partial charge in [-0.3, -0.25) is 9.59 Å². The molecule has 1 heterocycles. The summed E-state index contributed by atoms with van der Waals surface area (Å²) in [5.41, 5.74) is 4.84. The summed E-state index contributed by atoms with van der Waals surface area (Å²) in [5.74, 6) is -1.30. The van der Waals surface area contributed by atoms with Crippen molar-refractivity contribution in [3.63, 3.8) is 0 Å². The van der Waals surface area contributed by atoms with E-state index in [1.54, 1.807) is 12.3 Å². The Morgan fingerprint density at radius 2 is 1.74 bits per heavy atom. The Kier molecular flexibility index (Phi) is 7.22. The number of fused-ring (bicyclic) bond motifs is 3. The highest BCUT2D eigenvalue weighted by molar-refractivity contribution is 7.09. The van der Waals surface area contributed by atoms with Crippen molar-refractivity contribution in [1.82, 2.24) is 15.6 Å². The molecule has 0 saturated carbocycles. The van der Waals surface area contributed by atoms with Gasteiger partial charge < -0.3 is 20.5 Å². The van der Waals surface area contributed by atoms with E-state index in [-0.39, 0.29) is 37.1 Å². The zero-order valence-corrected chi connectivity index (χ0v) is 19.4. The van der Waals surface area contributed by atoms with Crippen LogP contribution < -0.4 is 10.6 Å². The van der Waals surface area contributed by atoms with Crippen LogP contribution >= 0.6 is 11.3 Å². The molecule has 2 aromatic carbocycles. The number of alkyl carbamates (subject to hydrolysis) is 1. The first-order valence-electron chi connectivity index (χ1n) is 11.0. The molecule has 0 bridgehead atoms. The van der Waals surface area contributed by atoms with Crippen molar-refractivity contribution in [2.45, 2.75) is 31.7 Å². The van der Waals surface area contributed by atoms with E-state index in [9.17, 15) is 14.4 Å². The SMILES string of the molecule is CC(NC(=O)OCC1c2ccccc2-c2ccccc21)c1nc(C(=O)NCCCC(=O)O)cs1. The number of carbonyl (C=O) groups is 3. The molecule has 2 amide bonds. The monoisotopic (exact) mass is 479 g/mol. The summed E-state index contributed by atoms with van der Waals surface area (Å²) in [7, 11) is 0. The molecular weight excluding hydrogens is 454 g/mol. The van der Waals surface area contributed by atoms with Gasteiger partial charge in [0.15, 0.2) is 0 Å². The average Bonchev–Trinajstić information content (AvgIpc) is 3.44. The van der Waals surface area contributed by atoms with Gasteiger partial charge in [-0.2, -0.15) is 0 Å². The van der Waals surface area contributed by atoms with Crippen molar-refractivity contribution >= 4 is 29.3 Å². The number of hydrogen-bond acceptors (Lipinski definition) is 6. The van der Waals surface area contributed by atoms with E-state index >= 15 is 0 Å². The Morgan fingerprint density at radius 3 is 2.38 bits per heavy atom. The van der Waals surface area contributed by atoms with Crippen LogP contribution in [0.4, 0.5) is 4.79 Å². The maximum atomic E-state index is 12.5. The molecule has 3 N–H and O–H groups in total. The number of nitrogens with one attached hydrogen (secondary N) is 2. The van der Waals surface area contributed by atoms with E-state index in [1.807, 2.05) is 24.3 Å². The summed E-state index contributed by atoms with van der Waals surface area (Å²) in [6, 6.07) is 15.8. The van der Waals surface area contributed by atoms with E-state index < -0.39 is 18.1 Å². The Balaban J connectivity index is 1.30. The van der Waals surface area contributed by atoms with Gasteiger partial charge in [0, 0.05) is 24.3 Å². The number of benzene rings is 2. The highest BCUT2D eigenvalue weighted by Crippen LogP contribution is 2.44. The second-order valence-electron chi connectivity index (χ2n) is 8.02. The third-order valence-electron chi connectivity index (χ3n) is 5.66. The number of aromatic nitrogens is 1. The summed E-state index contributed by atoms with van der Waals surface area (Å²) >= 11 is 1.26. The molecule has 1 aliphatic rings. The number of ether oxygens (including phenoxy) is 1. The van der Waals surface area contributed by atoms with Gasteiger partial charge in [0.05, 0.1) is 6.04 Å². The van der Waals surface area contributed by atoms with Crippen molar-refractivity contribution in [3.05, 3.63) is 75.7 Å². The molecule has 3 aromatic rings. The van der Waals surface area contributed by atoms with Crippen LogP contribution in [0, 0.1) is 0 Å². The highest BCUT2D eigenvalue weighted by atomic mass is 32.1. The Labute approximate surface area is 201 Å². The molecule has 9 heteroatoms. The first-order chi connectivity index (χ1) is 16.4. The minimum Gasteiger partial charge on any atom is -0.481 e. The van der Waals surface area contributed by atoms with E-state index in [1.165, 1.54) is 11.3 Å². The van der Waals surface area contributed by atoms with Crippen LogP contribution in [0.3, 0.4) is 0 Å². The van der Waals surface area contributed by atoms with Crippen molar-refractivity contribution < 1.29 is 24.2 Å². The number of nitrogens with zero attached hydrogens (tertiary/aromatic N) is 1. The van der Waals surface area contributed by atoms with Crippen LogP contribution in [0.1, 0.15) is 58.3 Å². The van der Waals surface area contributed by atoms with Crippen molar-refractivity contribution in [2.24, 2.45) is 0 Å². The largest absolute Gasteiger partial charge is 0.481 e. The number of aliphatic carboxylic acids is 1. The number of rotatable bonds is 9. The maximum Gasteiger partial charge on any atom is 0.407 e. The van der Waals surface area contributed by atoms with Crippen LogP contribution in [0.2, 0.25) is 0 Å². The number of carboxylic acids is 1. The molecule has 0 fully saturated rings. The van der Waals surface area contributed by atoms with Crippen LogP contribution in [-0.2, 0) is 9.53 Å². The molecule has 0 aliphatic heterocycles. The molecular formula is C25H25N3O5S. The van der Waals surface area contributed by atoms with Crippen molar-refractivity contribution in [1.29, 1.82) is 0 Å². The molecule has 0 saturated heterocycles. The lowest BCUT2D eigenvalue weighted by atomic mass is 9.98. The Hall–Kier alpha value is -3.72. The lowest BCUT2D eigenvalue weighted by molar-refractivity contribution is -0.137. The standard InChI is InChI=1S/C25H25N3O5S/c1-15(24-28-21(14-34-24)23(31)26-12-6-11-22(29)30)27-25(32)33-13-20-18-9-4-2-7-16(18)17-8-3-5-10-19(17)20/h2-5,7-10,14-15,20H,6,11-13H2,1H3,(H,26,31)(H,27,32)(H,29,30). The summed E-state index contributed by atoms with van der Waals surface area (Å²) in [5, 5.41) is 16.3. The predicted octanol–water partition coefficient (Wildman–Crippen LogP) is 4.34. The summed E-state index contributed by atoms with van der Waals surface area (Å²) in [6.45, 7) is 2.24. The Morgan fingerprint density at radius 1 is 1.09 bits per heavy atom. The fourth-order valence-electron chi connectivity index (χ4n) is 4.00. The normalized spacial score (nSPS) is 13.0. The van der Waals surface area contributed by atoms with Crippen LogP contribution in [0.15, 0.2) is 53.9 Å². The molecule has 8 nitrogen and oxygen atoms in total. The molecule has 34 heavy (non-hydrogen) atoms. The third kappa shape index (κ3) is 5.26. The van der Waals surface area contributed by atoms with Gasteiger partial charge >= 0.3 is 12.1 Å². The average molecular weight is 480 g/mol. The van der Waals surface area contributed by atoms with Crippen molar-refractivity contribution in [2.75, 3.05) is 13.2 Å². The maximum absolute atomic E-state index is 12.5. The van der Waals surface area contributed by atoms with Gasteiger partial charge in [-0.05, 0) is 35.6 Å². The van der Waals surface area contributed by atoms with Gasteiger partial charge in [-0.25, -0.2) is 9.78 Å². The quantitative estimate of drug-likeness (QED) is 0.393. The molecule has 0 spiro atoms. The van der Waals surface area contributed by atoms with E-state index in [4.69, 9.17) is 9.84 Å². The number of thiazole rings is 1. The fraction of sp³-hybridized carbons (Fsp3) is 0.280. The number of amides is 2. The minimum atomic E-state index is -0.904. The second kappa shape index (κ2) is 10.5. The van der Waals surface area contributed by atoms with Gasteiger partial charge in [-0.1, -0.05) is 48.5 Å². The fourth-order valence-corrected chi connectivity index (χ4v) is 4.81. The predicted molar refractivity (Wildman–Crippen MR) is 128 cm³/mol. The molecule has 1 aliphatic carbocycles. The van der Waals surface area contributed by atoms with E-state index in [0.717, 1.165) is 22.3 Å². The first-order valence-corrected chi connectivity index (χ1v) is 11.9. The van der Waals surface area contributed by atoms with E-state index in [0.29, 0.717) is 11.4 Å². The van der Waals surface area contributed by atoms with Crippen LogP contribution in [0.25, 0.3) is 11.1 Å². The zero-order valence-electron chi connectivity index (χ0n) is 18.6. The van der Waals surface area contributed by atoms with Gasteiger partial charge in [0.2, 0.25) is 0 Å².